The Morgan fingerprint density at radius 3 is 2.50 bits per heavy atom. The molecule has 0 aliphatic heterocycles. The lowest BCUT2D eigenvalue weighted by molar-refractivity contribution is -0.121. The summed E-state index contributed by atoms with van der Waals surface area (Å²) in [4.78, 5) is 17.2. The Balaban J connectivity index is 2.07. The average Bonchev–Trinajstić information content (AvgIpc) is 3.02. The fourth-order valence-corrected chi connectivity index (χ4v) is 4.47. The molecule has 0 spiro atoms. The Bertz CT molecular complexity index is 964. The summed E-state index contributed by atoms with van der Waals surface area (Å²) in [6.45, 7) is 9.20. The molecule has 1 amide bonds. The van der Waals surface area contributed by atoms with Gasteiger partial charge in [-0.25, -0.2) is 17.7 Å². The van der Waals surface area contributed by atoms with E-state index >= 15 is 0 Å². The minimum Gasteiger partial charge on any atom is -0.354 e. The van der Waals surface area contributed by atoms with E-state index < -0.39 is 10.0 Å². The van der Waals surface area contributed by atoms with Gasteiger partial charge in [-0.1, -0.05) is 26.7 Å². The molecular formula is C22H36N4O3S. The van der Waals surface area contributed by atoms with E-state index in [1.807, 2.05) is 18.4 Å². The second-order valence-electron chi connectivity index (χ2n) is 8.50. The number of nitrogens with zero attached hydrogens (tertiary/aromatic N) is 3. The SMILES string of the molecule is CCn1c(CCC(=O)NC(C)CCCC(C)C)nc2cc(S(=O)(=O)N(C)C)ccc21. The molecule has 8 heteroatoms. The zero-order valence-electron chi connectivity index (χ0n) is 19.1. The van der Waals surface area contributed by atoms with Gasteiger partial charge in [0, 0.05) is 39.5 Å². The Morgan fingerprint density at radius 1 is 1.20 bits per heavy atom. The van der Waals surface area contributed by atoms with E-state index in [0.717, 1.165) is 24.2 Å². The van der Waals surface area contributed by atoms with Gasteiger partial charge in [0.05, 0.1) is 15.9 Å². The third-order valence-corrected chi connectivity index (χ3v) is 7.11. The van der Waals surface area contributed by atoms with E-state index in [0.29, 0.717) is 30.8 Å². The molecule has 7 nitrogen and oxygen atoms in total. The van der Waals surface area contributed by atoms with Gasteiger partial charge in [-0.15, -0.1) is 0 Å². The maximum absolute atomic E-state index is 12.4. The van der Waals surface area contributed by atoms with Gasteiger partial charge in [-0.3, -0.25) is 4.79 Å². The molecule has 1 N–H and O–H groups in total. The summed E-state index contributed by atoms with van der Waals surface area (Å²) in [5.41, 5.74) is 1.52. The summed E-state index contributed by atoms with van der Waals surface area (Å²) < 4.78 is 28.0. The van der Waals surface area contributed by atoms with E-state index in [4.69, 9.17) is 0 Å². The van der Waals surface area contributed by atoms with Crippen molar-refractivity contribution in [3.63, 3.8) is 0 Å². The van der Waals surface area contributed by atoms with Crippen LogP contribution in [0.3, 0.4) is 0 Å². The highest BCUT2D eigenvalue weighted by molar-refractivity contribution is 7.89. The van der Waals surface area contributed by atoms with Crippen molar-refractivity contribution < 1.29 is 13.2 Å². The highest BCUT2D eigenvalue weighted by Gasteiger charge is 2.20. The fraction of sp³-hybridized carbons (Fsp3) is 0.636. The lowest BCUT2D eigenvalue weighted by Crippen LogP contribution is -2.32. The molecule has 0 aliphatic rings. The second-order valence-corrected chi connectivity index (χ2v) is 10.7. The van der Waals surface area contributed by atoms with Gasteiger partial charge in [-0.05, 0) is 44.4 Å². The fourth-order valence-electron chi connectivity index (χ4n) is 3.55. The third kappa shape index (κ3) is 6.04. The highest BCUT2D eigenvalue weighted by atomic mass is 32.2. The topological polar surface area (TPSA) is 84.3 Å². The van der Waals surface area contributed by atoms with Crippen molar-refractivity contribution in [1.82, 2.24) is 19.2 Å². The summed E-state index contributed by atoms with van der Waals surface area (Å²) in [6.07, 6.45) is 4.15. The van der Waals surface area contributed by atoms with Gasteiger partial charge in [0.25, 0.3) is 0 Å². The van der Waals surface area contributed by atoms with E-state index in [1.165, 1.54) is 24.8 Å². The van der Waals surface area contributed by atoms with Gasteiger partial charge in [0.15, 0.2) is 0 Å². The first-order chi connectivity index (χ1) is 14.1. The van der Waals surface area contributed by atoms with Crippen LogP contribution < -0.4 is 5.32 Å². The van der Waals surface area contributed by atoms with Gasteiger partial charge >= 0.3 is 0 Å². The van der Waals surface area contributed by atoms with Gasteiger partial charge in [0.1, 0.15) is 5.82 Å². The van der Waals surface area contributed by atoms with Crippen LogP contribution >= 0.6 is 0 Å². The first-order valence-corrected chi connectivity index (χ1v) is 12.2. The number of rotatable bonds is 11. The van der Waals surface area contributed by atoms with E-state index in [9.17, 15) is 13.2 Å². The van der Waals surface area contributed by atoms with Gasteiger partial charge in [-0.2, -0.15) is 0 Å². The smallest absolute Gasteiger partial charge is 0.242 e. The largest absolute Gasteiger partial charge is 0.354 e. The lowest BCUT2D eigenvalue weighted by atomic mass is 10.0. The van der Waals surface area contributed by atoms with Crippen LogP contribution in [0, 0.1) is 5.92 Å². The molecule has 1 aromatic carbocycles. The summed E-state index contributed by atoms with van der Waals surface area (Å²) in [5, 5.41) is 3.08. The molecule has 2 rings (SSSR count). The third-order valence-electron chi connectivity index (χ3n) is 5.30. The van der Waals surface area contributed by atoms with Crippen LogP contribution in [0.5, 0.6) is 0 Å². The number of aryl methyl sites for hydroxylation is 2. The number of carbonyl (C=O) groups excluding carboxylic acids is 1. The molecule has 2 aromatic rings. The molecule has 1 atom stereocenters. The number of hydrogen-bond acceptors (Lipinski definition) is 4. The maximum atomic E-state index is 12.4. The number of fused-ring (bicyclic) bond motifs is 1. The quantitative estimate of drug-likeness (QED) is 0.584. The van der Waals surface area contributed by atoms with Crippen molar-refractivity contribution in [2.24, 2.45) is 5.92 Å². The van der Waals surface area contributed by atoms with Crippen molar-refractivity contribution in [1.29, 1.82) is 0 Å². The van der Waals surface area contributed by atoms with Crippen LogP contribution in [-0.2, 0) is 27.8 Å². The van der Waals surface area contributed by atoms with Crippen LogP contribution in [0.15, 0.2) is 23.1 Å². The summed E-state index contributed by atoms with van der Waals surface area (Å²) in [5.74, 6) is 1.51. The van der Waals surface area contributed by atoms with Gasteiger partial charge in [0.2, 0.25) is 15.9 Å². The van der Waals surface area contributed by atoms with Crippen LogP contribution in [0.2, 0.25) is 0 Å². The summed E-state index contributed by atoms with van der Waals surface area (Å²) in [7, 11) is -0.487. The minimum atomic E-state index is -3.51. The van der Waals surface area contributed by atoms with Crippen LogP contribution in [0.25, 0.3) is 11.0 Å². The molecule has 0 bridgehead atoms. The molecule has 30 heavy (non-hydrogen) atoms. The number of aromatic nitrogens is 2. The predicted octanol–water partition coefficient (Wildman–Crippen LogP) is 3.57. The molecule has 0 radical (unpaired) electrons. The van der Waals surface area contributed by atoms with E-state index in [2.05, 4.69) is 24.1 Å². The number of amides is 1. The number of imidazole rings is 1. The molecule has 1 aromatic heterocycles. The Hall–Kier alpha value is -1.93. The zero-order chi connectivity index (χ0) is 22.5. The van der Waals surface area contributed by atoms with Crippen LogP contribution in [0.4, 0.5) is 0 Å². The number of carbonyl (C=O) groups is 1. The van der Waals surface area contributed by atoms with Crippen molar-refractivity contribution in [3.8, 4) is 0 Å². The monoisotopic (exact) mass is 436 g/mol. The Labute approximate surface area is 180 Å². The number of sulfonamides is 1. The molecule has 1 unspecified atom stereocenters. The van der Waals surface area contributed by atoms with E-state index in [1.54, 1.807) is 18.2 Å². The Morgan fingerprint density at radius 2 is 1.90 bits per heavy atom. The molecule has 1 heterocycles. The summed E-state index contributed by atoms with van der Waals surface area (Å²) in [6, 6.07) is 5.18. The standard InChI is InChI=1S/C22H36N4O3S/c1-7-26-20-12-11-18(30(28,29)25(5)6)15-19(20)24-21(26)13-14-22(27)23-17(4)10-8-9-16(2)3/h11-12,15-17H,7-10,13-14H2,1-6H3,(H,23,27). The number of hydrogen-bond donors (Lipinski definition) is 1. The lowest BCUT2D eigenvalue weighted by Gasteiger charge is -2.14. The predicted molar refractivity (Wildman–Crippen MR) is 121 cm³/mol. The zero-order valence-corrected chi connectivity index (χ0v) is 19.9. The molecule has 0 aliphatic carbocycles. The van der Waals surface area contributed by atoms with Crippen LogP contribution in [0.1, 0.15) is 59.2 Å². The van der Waals surface area contributed by atoms with Crippen molar-refractivity contribution in [2.45, 2.75) is 77.3 Å². The first-order valence-electron chi connectivity index (χ1n) is 10.8. The van der Waals surface area contributed by atoms with Crippen molar-refractivity contribution in [2.75, 3.05) is 14.1 Å². The van der Waals surface area contributed by atoms with Crippen molar-refractivity contribution in [3.05, 3.63) is 24.0 Å². The minimum absolute atomic E-state index is 0.0256. The number of nitrogens with one attached hydrogen (secondary N) is 1. The highest BCUT2D eigenvalue weighted by Crippen LogP contribution is 2.22. The molecular weight excluding hydrogens is 400 g/mol. The molecule has 0 saturated carbocycles. The molecule has 168 valence electrons. The van der Waals surface area contributed by atoms with Crippen molar-refractivity contribution >= 4 is 27.0 Å². The average molecular weight is 437 g/mol. The van der Waals surface area contributed by atoms with Crippen LogP contribution in [-0.4, -0.2) is 48.3 Å². The Kier molecular flexibility index (Phi) is 8.43. The van der Waals surface area contributed by atoms with E-state index in [-0.39, 0.29) is 16.8 Å². The number of benzene rings is 1. The van der Waals surface area contributed by atoms with Gasteiger partial charge < -0.3 is 9.88 Å². The molecule has 0 fully saturated rings. The normalized spacial score (nSPS) is 13.3. The second kappa shape index (κ2) is 10.4. The molecule has 0 saturated heterocycles. The first kappa shape index (κ1) is 24.3. The maximum Gasteiger partial charge on any atom is 0.242 e. The summed E-state index contributed by atoms with van der Waals surface area (Å²) >= 11 is 0.